The second-order valence-corrected chi connectivity index (χ2v) is 6.38. The highest BCUT2D eigenvalue weighted by Crippen LogP contribution is 2.29. The fraction of sp³-hybridized carbons (Fsp3) is 0.450. The molecule has 1 saturated heterocycles. The summed E-state index contributed by atoms with van der Waals surface area (Å²) in [5.41, 5.74) is 1.15. The molecule has 1 aliphatic rings. The smallest absolute Gasteiger partial charge is 0.222 e. The van der Waals surface area contributed by atoms with Crippen LogP contribution in [0.2, 0.25) is 0 Å². The van der Waals surface area contributed by atoms with E-state index < -0.39 is 0 Å². The molecule has 3 rings (SSSR count). The summed E-state index contributed by atoms with van der Waals surface area (Å²) in [4.78, 5) is 14.4. The van der Waals surface area contributed by atoms with Gasteiger partial charge in [0.25, 0.3) is 0 Å². The van der Waals surface area contributed by atoms with Gasteiger partial charge in [-0.2, -0.15) is 0 Å². The van der Waals surface area contributed by atoms with Gasteiger partial charge in [0, 0.05) is 25.4 Å². The minimum atomic E-state index is 0.231. The van der Waals surface area contributed by atoms with Crippen molar-refractivity contribution in [3.05, 3.63) is 47.9 Å². The van der Waals surface area contributed by atoms with Gasteiger partial charge in [-0.15, -0.1) is 0 Å². The Bertz CT molecular complexity index is 696. The van der Waals surface area contributed by atoms with Crippen LogP contribution in [0.15, 0.2) is 41.0 Å². The molecule has 25 heavy (non-hydrogen) atoms. The molecular formula is C20H25NO4. The number of likely N-dealkylation sites (tertiary alicyclic amines) is 1. The lowest BCUT2D eigenvalue weighted by Gasteiger charge is -2.16. The molecule has 1 unspecified atom stereocenters. The summed E-state index contributed by atoms with van der Waals surface area (Å²) in [5, 5.41) is 0. The summed E-state index contributed by atoms with van der Waals surface area (Å²) >= 11 is 0. The largest absolute Gasteiger partial charge is 0.493 e. The lowest BCUT2D eigenvalue weighted by atomic mass is 10.1. The maximum Gasteiger partial charge on any atom is 0.222 e. The zero-order valence-corrected chi connectivity index (χ0v) is 14.9. The molecule has 0 saturated carbocycles. The zero-order chi connectivity index (χ0) is 17.6. The van der Waals surface area contributed by atoms with Crippen molar-refractivity contribution < 1.29 is 18.7 Å². The number of rotatable bonds is 7. The minimum Gasteiger partial charge on any atom is -0.493 e. The summed E-state index contributed by atoms with van der Waals surface area (Å²) in [5.74, 6) is 3.01. The van der Waals surface area contributed by atoms with E-state index in [2.05, 4.69) is 0 Å². The zero-order valence-electron chi connectivity index (χ0n) is 14.9. The van der Waals surface area contributed by atoms with Crippen molar-refractivity contribution in [2.45, 2.75) is 31.6 Å². The Labute approximate surface area is 148 Å². The van der Waals surface area contributed by atoms with Crippen LogP contribution in [0.5, 0.6) is 11.5 Å². The second kappa shape index (κ2) is 8.10. The summed E-state index contributed by atoms with van der Waals surface area (Å²) < 4.78 is 16.0. The van der Waals surface area contributed by atoms with Crippen LogP contribution in [-0.4, -0.2) is 38.1 Å². The van der Waals surface area contributed by atoms with E-state index in [1.54, 1.807) is 20.5 Å². The molecule has 0 N–H and O–H groups in total. The molecule has 5 heteroatoms. The van der Waals surface area contributed by atoms with Crippen LogP contribution in [0, 0.1) is 0 Å². The molecule has 1 aliphatic heterocycles. The van der Waals surface area contributed by atoms with Gasteiger partial charge in [0.1, 0.15) is 5.76 Å². The molecule has 0 aliphatic carbocycles. The average Bonchev–Trinajstić information content (AvgIpc) is 3.32. The summed E-state index contributed by atoms with van der Waals surface area (Å²) in [6.07, 6.45) is 4.93. The standard InChI is InChI=1S/C20H25NO4/c1-23-18-9-8-15(13-19(18)24-2)5-3-7-20(22)21-11-10-16(14-21)17-6-4-12-25-17/h4,6,8-9,12-13,16H,3,5,7,10-11,14H2,1-2H3. The number of hydrogen-bond donors (Lipinski definition) is 0. The average molecular weight is 343 g/mol. The van der Waals surface area contributed by atoms with E-state index in [0.717, 1.165) is 55.2 Å². The molecule has 1 aromatic carbocycles. The molecule has 0 radical (unpaired) electrons. The third kappa shape index (κ3) is 4.16. The van der Waals surface area contributed by atoms with Crippen molar-refractivity contribution in [1.82, 2.24) is 4.90 Å². The van der Waals surface area contributed by atoms with Crippen molar-refractivity contribution in [2.24, 2.45) is 0 Å². The lowest BCUT2D eigenvalue weighted by molar-refractivity contribution is -0.130. The number of amides is 1. The van der Waals surface area contributed by atoms with Crippen LogP contribution in [0.3, 0.4) is 0 Å². The molecule has 2 heterocycles. The number of benzene rings is 1. The van der Waals surface area contributed by atoms with Crippen LogP contribution in [0.4, 0.5) is 0 Å². The predicted molar refractivity (Wildman–Crippen MR) is 95.1 cm³/mol. The third-order valence-electron chi connectivity index (χ3n) is 4.79. The maximum atomic E-state index is 12.4. The Kier molecular flexibility index (Phi) is 5.64. The van der Waals surface area contributed by atoms with Gasteiger partial charge < -0.3 is 18.8 Å². The molecule has 1 aromatic heterocycles. The Hall–Kier alpha value is -2.43. The maximum absolute atomic E-state index is 12.4. The van der Waals surface area contributed by atoms with Crippen LogP contribution >= 0.6 is 0 Å². The summed E-state index contributed by atoms with van der Waals surface area (Å²) in [7, 11) is 3.26. The molecular weight excluding hydrogens is 318 g/mol. The van der Waals surface area contributed by atoms with Crippen LogP contribution < -0.4 is 9.47 Å². The fourth-order valence-electron chi connectivity index (χ4n) is 3.38. The van der Waals surface area contributed by atoms with Crippen molar-refractivity contribution in [2.75, 3.05) is 27.3 Å². The number of ether oxygens (including phenoxy) is 2. The second-order valence-electron chi connectivity index (χ2n) is 6.38. The van der Waals surface area contributed by atoms with Crippen molar-refractivity contribution >= 4 is 5.91 Å². The number of furan rings is 1. The molecule has 1 atom stereocenters. The van der Waals surface area contributed by atoms with Gasteiger partial charge in [0.05, 0.1) is 20.5 Å². The minimum absolute atomic E-state index is 0.231. The number of nitrogens with zero attached hydrogens (tertiary/aromatic N) is 1. The Morgan fingerprint density at radius 2 is 2.08 bits per heavy atom. The molecule has 1 amide bonds. The lowest BCUT2D eigenvalue weighted by Crippen LogP contribution is -2.28. The van der Waals surface area contributed by atoms with Gasteiger partial charge in [0.2, 0.25) is 5.91 Å². The van der Waals surface area contributed by atoms with E-state index in [9.17, 15) is 4.79 Å². The molecule has 0 spiro atoms. The van der Waals surface area contributed by atoms with E-state index in [1.165, 1.54) is 0 Å². The van der Waals surface area contributed by atoms with Gasteiger partial charge in [-0.05, 0) is 49.1 Å². The number of methoxy groups -OCH3 is 2. The fourth-order valence-corrected chi connectivity index (χ4v) is 3.38. The van der Waals surface area contributed by atoms with Crippen LogP contribution in [-0.2, 0) is 11.2 Å². The number of carbonyl (C=O) groups is 1. The molecule has 0 bridgehead atoms. The van der Waals surface area contributed by atoms with Crippen LogP contribution in [0.25, 0.3) is 0 Å². The Morgan fingerprint density at radius 1 is 1.24 bits per heavy atom. The normalized spacial score (nSPS) is 16.9. The van der Waals surface area contributed by atoms with Gasteiger partial charge in [-0.25, -0.2) is 0 Å². The predicted octanol–water partition coefficient (Wildman–Crippen LogP) is 3.64. The number of aryl methyl sites for hydroxylation is 1. The molecule has 134 valence electrons. The molecule has 1 fully saturated rings. The van der Waals surface area contributed by atoms with Crippen molar-refractivity contribution in [3.8, 4) is 11.5 Å². The van der Waals surface area contributed by atoms with E-state index in [4.69, 9.17) is 13.9 Å². The summed E-state index contributed by atoms with van der Waals surface area (Å²) in [6.45, 7) is 1.59. The Balaban J connectivity index is 1.47. The quantitative estimate of drug-likeness (QED) is 0.770. The van der Waals surface area contributed by atoms with Gasteiger partial charge in [-0.1, -0.05) is 6.07 Å². The van der Waals surface area contributed by atoms with Gasteiger partial charge in [-0.3, -0.25) is 4.79 Å². The topological polar surface area (TPSA) is 51.9 Å². The van der Waals surface area contributed by atoms with E-state index in [-0.39, 0.29) is 5.91 Å². The molecule has 2 aromatic rings. The first-order valence-corrected chi connectivity index (χ1v) is 8.73. The highest BCUT2D eigenvalue weighted by atomic mass is 16.5. The monoisotopic (exact) mass is 343 g/mol. The van der Waals surface area contributed by atoms with E-state index in [0.29, 0.717) is 12.3 Å². The molecule has 5 nitrogen and oxygen atoms in total. The van der Waals surface area contributed by atoms with E-state index >= 15 is 0 Å². The summed E-state index contributed by atoms with van der Waals surface area (Å²) in [6, 6.07) is 9.81. The SMILES string of the molecule is COc1ccc(CCCC(=O)N2CCC(c3ccco3)C2)cc1OC. The highest BCUT2D eigenvalue weighted by molar-refractivity contribution is 5.76. The first kappa shape index (κ1) is 17.4. The van der Waals surface area contributed by atoms with E-state index in [1.807, 2.05) is 35.2 Å². The number of carbonyl (C=O) groups excluding carboxylic acids is 1. The van der Waals surface area contributed by atoms with Crippen molar-refractivity contribution in [1.29, 1.82) is 0 Å². The number of hydrogen-bond acceptors (Lipinski definition) is 4. The third-order valence-corrected chi connectivity index (χ3v) is 4.79. The first-order valence-electron chi connectivity index (χ1n) is 8.73. The van der Waals surface area contributed by atoms with Crippen LogP contribution in [0.1, 0.15) is 36.5 Å². The highest BCUT2D eigenvalue weighted by Gasteiger charge is 2.28. The first-order chi connectivity index (χ1) is 12.2. The van der Waals surface area contributed by atoms with Gasteiger partial charge in [0.15, 0.2) is 11.5 Å². The Morgan fingerprint density at radius 3 is 2.80 bits per heavy atom. The van der Waals surface area contributed by atoms with Crippen molar-refractivity contribution in [3.63, 3.8) is 0 Å². The van der Waals surface area contributed by atoms with Gasteiger partial charge >= 0.3 is 0 Å².